The highest BCUT2D eigenvalue weighted by molar-refractivity contribution is 6.19. The first-order chi connectivity index (χ1) is 21.8. The Labute approximate surface area is 254 Å². The molecule has 4 heteroatoms. The Morgan fingerprint density at radius 3 is 1.36 bits per heavy atom. The molecule has 0 saturated heterocycles. The van der Waals surface area contributed by atoms with Gasteiger partial charge in [-0.25, -0.2) is 9.97 Å². The SMILES string of the molecule is c1ccc(-c2cc(-c3ccccc3)nc(-n3c4ccccc4c4cc5c6ccccc6n(-c6ccccc6)c5cc43)n2)cc1. The largest absolute Gasteiger partial charge is 0.309 e. The van der Waals surface area contributed by atoms with Gasteiger partial charge in [-0.15, -0.1) is 0 Å². The smallest absolute Gasteiger partial charge is 0.235 e. The van der Waals surface area contributed by atoms with Gasteiger partial charge in [0, 0.05) is 38.4 Å². The number of hydrogen-bond donors (Lipinski definition) is 0. The highest BCUT2D eigenvalue weighted by Crippen LogP contribution is 2.39. The molecule has 0 saturated carbocycles. The Morgan fingerprint density at radius 1 is 0.341 bits per heavy atom. The van der Waals surface area contributed by atoms with Crippen molar-refractivity contribution in [3.8, 4) is 34.2 Å². The number of para-hydroxylation sites is 3. The van der Waals surface area contributed by atoms with Gasteiger partial charge in [0.15, 0.2) is 0 Å². The first kappa shape index (κ1) is 24.6. The third-order valence-electron chi connectivity index (χ3n) is 8.53. The number of aromatic nitrogens is 4. The maximum absolute atomic E-state index is 5.22. The van der Waals surface area contributed by atoms with E-state index >= 15 is 0 Å². The summed E-state index contributed by atoms with van der Waals surface area (Å²) >= 11 is 0. The van der Waals surface area contributed by atoms with Gasteiger partial charge in [-0.1, -0.05) is 115 Å². The summed E-state index contributed by atoms with van der Waals surface area (Å²) in [5.41, 5.74) is 9.51. The van der Waals surface area contributed by atoms with E-state index in [4.69, 9.17) is 9.97 Å². The molecular weight excluding hydrogens is 536 g/mol. The van der Waals surface area contributed by atoms with Crippen LogP contribution in [-0.2, 0) is 0 Å². The van der Waals surface area contributed by atoms with Crippen LogP contribution in [0.2, 0.25) is 0 Å². The summed E-state index contributed by atoms with van der Waals surface area (Å²) in [6, 6.07) is 55.3. The molecule has 9 rings (SSSR count). The minimum atomic E-state index is 0.651. The molecule has 3 heterocycles. The molecule has 6 aromatic carbocycles. The summed E-state index contributed by atoms with van der Waals surface area (Å²) in [6.45, 7) is 0. The van der Waals surface area contributed by atoms with Gasteiger partial charge in [-0.3, -0.25) is 4.57 Å². The third-order valence-corrected chi connectivity index (χ3v) is 8.53. The van der Waals surface area contributed by atoms with Crippen molar-refractivity contribution in [2.24, 2.45) is 0 Å². The summed E-state index contributed by atoms with van der Waals surface area (Å²) in [6.07, 6.45) is 0. The van der Waals surface area contributed by atoms with Crippen LogP contribution in [-0.4, -0.2) is 19.1 Å². The molecule has 0 spiro atoms. The Kier molecular flexibility index (Phi) is 5.47. The van der Waals surface area contributed by atoms with E-state index < -0.39 is 0 Å². The van der Waals surface area contributed by atoms with Crippen molar-refractivity contribution < 1.29 is 0 Å². The Bertz CT molecular complexity index is 2420. The molecule has 9 aromatic rings. The van der Waals surface area contributed by atoms with Crippen molar-refractivity contribution in [3.63, 3.8) is 0 Å². The zero-order valence-electron chi connectivity index (χ0n) is 23.8. The molecular formula is C40H26N4. The second-order valence-corrected chi connectivity index (χ2v) is 11.1. The molecule has 4 nitrogen and oxygen atoms in total. The quantitative estimate of drug-likeness (QED) is 0.214. The molecule has 3 aromatic heterocycles. The number of fused-ring (bicyclic) bond motifs is 6. The molecule has 0 aliphatic carbocycles. The van der Waals surface area contributed by atoms with Crippen LogP contribution >= 0.6 is 0 Å². The Morgan fingerprint density at radius 2 is 0.795 bits per heavy atom. The lowest BCUT2D eigenvalue weighted by Gasteiger charge is -2.12. The van der Waals surface area contributed by atoms with Gasteiger partial charge < -0.3 is 4.57 Å². The fraction of sp³-hybridized carbons (Fsp3) is 0. The summed E-state index contributed by atoms with van der Waals surface area (Å²) in [7, 11) is 0. The molecule has 0 amide bonds. The first-order valence-corrected chi connectivity index (χ1v) is 14.9. The van der Waals surface area contributed by atoms with E-state index in [2.05, 4.69) is 155 Å². The summed E-state index contributed by atoms with van der Waals surface area (Å²) in [5, 5.41) is 4.82. The average Bonchev–Trinajstić information content (AvgIpc) is 3.60. The van der Waals surface area contributed by atoms with Crippen LogP contribution in [0.3, 0.4) is 0 Å². The van der Waals surface area contributed by atoms with Gasteiger partial charge in [0.2, 0.25) is 5.95 Å². The zero-order chi connectivity index (χ0) is 29.0. The van der Waals surface area contributed by atoms with Gasteiger partial charge in [-0.2, -0.15) is 0 Å². The molecule has 0 atom stereocenters. The van der Waals surface area contributed by atoms with E-state index in [0.29, 0.717) is 5.95 Å². The summed E-state index contributed by atoms with van der Waals surface area (Å²) in [5.74, 6) is 0.651. The van der Waals surface area contributed by atoms with E-state index in [0.717, 1.165) is 44.8 Å². The lowest BCUT2D eigenvalue weighted by molar-refractivity contribution is 0.995. The average molecular weight is 563 g/mol. The van der Waals surface area contributed by atoms with Gasteiger partial charge in [0.05, 0.1) is 33.5 Å². The van der Waals surface area contributed by atoms with E-state index in [1.54, 1.807) is 0 Å². The van der Waals surface area contributed by atoms with Crippen LogP contribution in [0.15, 0.2) is 158 Å². The molecule has 0 aliphatic heterocycles. The highest BCUT2D eigenvalue weighted by Gasteiger charge is 2.20. The van der Waals surface area contributed by atoms with Gasteiger partial charge in [0.1, 0.15) is 0 Å². The van der Waals surface area contributed by atoms with Crippen molar-refractivity contribution in [2.75, 3.05) is 0 Å². The number of nitrogens with zero attached hydrogens (tertiary/aromatic N) is 4. The Balaban J connectivity index is 1.41. The molecule has 0 bridgehead atoms. The van der Waals surface area contributed by atoms with E-state index in [1.165, 1.54) is 27.1 Å². The second-order valence-electron chi connectivity index (χ2n) is 11.1. The van der Waals surface area contributed by atoms with Crippen molar-refractivity contribution >= 4 is 43.6 Å². The molecule has 0 radical (unpaired) electrons. The van der Waals surface area contributed by atoms with Crippen molar-refractivity contribution in [1.82, 2.24) is 19.1 Å². The Hall–Kier alpha value is -6.00. The predicted molar refractivity (Wildman–Crippen MR) is 182 cm³/mol. The normalized spacial score (nSPS) is 11.6. The van der Waals surface area contributed by atoms with Crippen LogP contribution < -0.4 is 0 Å². The van der Waals surface area contributed by atoms with Crippen LogP contribution in [0.25, 0.3) is 77.8 Å². The minimum Gasteiger partial charge on any atom is -0.309 e. The molecule has 0 N–H and O–H groups in total. The van der Waals surface area contributed by atoms with E-state index in [1.807, 2.05) is 12.1 Å². The second kappa shape index (κ2) is 9.79. The van der Waals surface area contributed by atoms with Gasteiger partial charge in [-0.05, 0) is 42.5 Å². The van der Waals surface area contributed by atoms with Crippen LogP contribution in [0.4, 0.5) is 0 Å². The minimum absolute atomic E-state index is 0.651. The van der Waals surface area contributed by atoms with Crippen LogP contribution in [0.1, 0.15) is 0 Å². The van der Waals surface area contributed by atoms with Crippen molar-refractivity contribution in [3.05, 3.63) is 158 Å². The van der Waals surface area contributed by atoms with Crippen LogP contribution in [0.5, 0.6) is 0 Å². The maximum Gasteiger partial charge on any atom is 0.235 e. The number of rotatable bonds is 4. The highest BCUT2D eigenvalue weighted by atomic mass is 15.2. The third kappa shape index (κ3) is 3.78. The molecule has 0 fully saturated rings. The first-order valence-electron chi connectivity index (χ1n) is 14.9. The van der Waals surface area contributed by atoms with E-state index in [-0.39, 0.29) is 0 Å². The number of benzene rings is 6. The fourth-order valence-electron chi connectivity index (χ4n) is 6.55. The predicted octanol–water partition coefficient (Wildman–Crippen LogP) is 10.0. The monoisotopic (exact) mass is 562 g/mol. The van der Waals surface area contributed by atoms with Gasteiger partial charge >= 0.3 is 0 Å². The summed E-state index contributed by atoms with van der Waals surface area (Å²) < 4.78 is 4.60. The van der Waals surface area contributed by atoms with Crippen molar-refractivity contribution in [2.45, 2.75) is 0 Å². The standard InChI is InChI=1S/C40H26N4/c1-4-14-27(15-5-1)34-25-35(28-16-6-2-7-17-28)42-40(41-34)44-37-23-13-11-21-31(37)33-24-32-30-20-10-12-22-36(30)43(38(32)26-39(33)44)29-18-8-3-9-19-29/h1-26H. The lowest BCUT2D eigenvalue weighted by Crippen LogP contribution is -2.04. The molecule has 0 aliphatic rings. The maximum atomic E-state index is 5.22. The number of hydrogen-bond acceptors (Lipinski definition) is 2. The fourth-order valence-corrected chi connectivity index (χ4v) is 6.55. The molecule has 206 valence electrons. The molecule has 0 unspecified atom stereocenters. The topological polar surface area (TPSA) is 35.6 Å². The lowest BCUT2D eigenvalue weighted by atomic mass is 10.1. The van der Waals surface area contributed by atoms with Crippen LogP contribution in [0, 0.1) is 0 Å². The van der Waals surface area contributed by atoms with Gasteiger partial charge in [0.25, 0.3) is 0 Å². The zero-order valence-corrected chi connectivity index (χ0v) is 23.8. The molecule has 44 heavy (non-hydrogen) atoms. The summed E-state index contributed by atoms with van der Waals surface area (Å²) in [4.78, 5) is 10.4. The van der Waals surface area contributed by atoms with Crippen molar-refractivity contribution in [1.29, 1.82) is 0 Å². The van der Waals surface area contributed by atoms with E-state index in [9.17, 15) is 0 Å².